The highest BCUT2D eigenvalue weighted by Gasteiger charge is 2.09. The van der Waals surface area contributed by atoms with Crippen LogP contribution in [0.15, 0.2) is 24.4 Å². The van der Waals surface area contributed by atoms with E-state index in [-0.39, 0.29) is 5.91 Å². The Morgan fingerprint density at radius 3 is 3.06 bits per heavy atom. The molecule has 4 heteroatoms. The maximum atomic E-state index is 11.4. The Bertz CT molecular complexity index is 530. The van der Waals surface area contributed by atoms with Gasteiger partial charge in [0.25, 0.3) is 0 Å². The topological polar surface area (TPSA) is 46.4 Å². The number of hydrogen-bond acceptors (Lipinski definition) is 2. The van der Waals surface area contributed by atoms with Crippen LogP contribution in [0, 0.1) is 6.92 Å². The minimum Gasteiger partial charge on any atom is -0.356 e. The van der Waals surface area contributed by atoms with E-state index in [0.29, 0.717) is 13.0 Å². The van der Waals surface area contributed by atoms with E-state index < -0.39 is 0 Å². The lowest BCUT2D eigenvalue weighted by Crippen LogP contribution is -2.23. The summed E-state index contributed by atoms with van der Waals surface area (Å²) in [5, 5.41) is 2.81. The quantitative estimate of drug-likeness (QED) is 0.870. The third-order valence-corrected chi connectivity index (χ3v) is 2.79. The zero-order valence-electron chi connectivity index (χ0n) is 10.2. The molecule has 2 aromatic rings. The van der Waals surface area contributed by atoms with Crippen molar-refractivity contribution < 1.29 is 4.79 Å². The number of aromatic nitrogens is 2. The number of carbonyl (C=O) groups is 1. The van der Waals surface area contributed by atoms with E-state index in [4.69, 9.17) is 0 Å². The van der Waals surface area contributed by atoms with Crippen molar-refractivity contribution in [1.29, 1.82) is 0 Å². The van der Waals surface area contributed by atoms with Crippen molar-refractivity contribution in [3.8, 4) is 0 Å². The van der Waals surface area contributed by atoms with Crippen LogP contribution in [0.5, 0.6) is 0 Å². The molecule has 0 unspecified atom stereocenters. The summed E-state index contributed by atoms with van der Waals surface area (Å²) in [5.74, 6) is 0.0952. The number of pyridine rings is 1. The fourth-order valence-electron chi connectivity index (χ4n) is 1.98. The predicted molar refractivity (Wildman–Crippen MR) is 66.9 cm³/mol. The molecule has 0 bridgehead atoms. The summed E-state index contributed by atoms with van der Waals surface area (Å²) in [6, 6.07) is 5.92. The summed E-state index contributed by atoms with van der Waals surface area (Å²) in [4.78, 5) is 15.9. The van der Waals surface area contributed by atoms with E-state index in [1.165, 1.54) is 0 Å². The van der Waals surface area contributed by atoms with Crippen LogP contribution in [0.25, 0.3) is 5.65 Å². The maximum Gasteiger partial charge on any atom is 0.220 e. The van der Waals surface area contributed by atoms with Gasteiger partial charge in [0, 0.05) is 24.9 Å². The van der Waals surface area contributed by atoms with E-state index in [9.17, 15) is 4.79 Å². The van der Waals surface area contributed by atoms with Crippen LogP contribution < -0.4 is 5.32 Å². The van der Waals surface area contributed by atoms with Gasteiger partial charge in [-0.15, -0.1) is 0 Å². The summed E-state index contributed by atoms with van der Waals surface area (Å²) < 4.78 is 2.05. The summed E-state index contributed by atoms with van der Waals surface area (Å²) >= 11 is 0. The molecule has 1 amide bonds. The second-order valence-corrected chi connectivity index (χ2v) is 4.03. The molecule has 0 aromatic carbocycles. The highest BCUT2D eigenvalue weighted by atomic mass is 16.1. The number of fused-ring (bicyclic) bond motifs is 1. The van der Waals surface area contributed by atoms with Gasteiger partial charge >= 0.3 is 0 Å². The summed E-state index contributed by atoms with van der Waals surface area (Å²) in [7, 11) is 0. The first kappa shape index (κ1) is 11.6. The first-order valence-corrected chi connectivity index (χ1v) is 5.91. The average Bonchev–Trinajstić information content (AvgIpc) is 2.62. The number of hydrogen-bond donors (Lipinski definition) is 1. The van der Waals surface area contributed by atoms with E-state index in [1.54, 1.807) is 0 Å². The molecule has 0 aliphatic heterocycles. The van der Waals surface area contributed by atoms with Crippen molar-refractivity contribution in [2.45, 2.75) is 26.7 Å². The highest BCUT2D eigenvalue weighted by Crippen LogP contribution is 2.13. The first-order valence-electron chi connectivity index (χ1n) is 5.91. The van der Waals surface area contributed by atoms with Crippen molar-refractivity contribution >= 4 is 11.6 Å². The molecule has 4 nitrogen and oxygen atoms in total. The molecule has 0 fully saturated rings. The normalized spacial score (nSPS) is 10.7. The van der Waals surface area contributed by atoms with Crippen LogP contribution >= 0.6 is 0 Å². The Kier molecular flexibility index (Phi) is 3.42. The fourth-order valence-corrected chi connectivity index (χ4v) is 1.98. The van der Waals surface area contributed by atoms with Crippen LogP contribution in [0.3, 0.4) is 0 Å². The number of aryl methyl sites for hydroxylation is 2. The van der Waals surface area contributed by atoms with Crippen LogP contribution in [-0.2, 0) is 11.2 Å². The zero-order chi connectivity index (χ0) is 12.3. The molecule has 0 aliphatic carbocycles. The number of nitrogens with one attached hydrogen (secondary N) is 1. The van der Waals surface area contributed by atoms with Gasteiger partial charge in [-0.05, 0) is 32.4 Å². The van der Waals surface area contributed by atoms with E-state index >= 15 is 0 Å². The van der Waals surface area contributed by atoms with Gasteiger partial charge in [0.15, 0.2) is 0 Å². The molecule has 0 radical (unpaired) electrons. The second-order valence-electron chi connectivity index (χ2n) is 4.03. The van der Waals surface area contributed by atoms with Gasteiger partial charge in [-0.3, -0.25) is 4.79 Å². The predicted octanol–water partition coefficient (Wildman–Crippen LogP) is 1.71. The Morgan fingerprint density at radius 2 is 2.29 bits per heavy atom. The van der Waals surface area contributed by atoms with Gasteiger partial charge in [-0.25, -0.2) is 4.98 Å². The number of imidazole rings is 1. The largest absolute Gasteiger partial charge is 0.356 e. The van der Waals surface area contributed by atoms with Crippen molar-refractivity contribution in [2.75, 3.05) is 6.54 Å². The van der Waals surface area contributed by atoms with E-state index in [2.05, 4.69) is 14.7 Å². The molecule has 0 atom stereocenters. The van der Waals surface area contributed by atoms with Gasteiger partial charge in [0.1, 0.15) is 5.65 Å². The Labute approximate surface area is 101 Å². The molecular weight excluding hydrogens is 214 g/mol. The summed E-state index contributed by atoms with van der Waals surface area (Å²) in [5.41, 5.74) is 3.06. The van der Waals surface area contributed by atoms with Gasteiger partial charge < -0.3 is 9.72 Å². The lowest BCUT2D eigenvalue weighted by atomic mass is 10.2. The van der Waals surface area contributed by atoms with Gasteiger partial charge in [-0.2, -0.15) is 0 Å². The number of carbonyl (C=O) groups excluding carboxylic acids is 1. The van der Waals surface area contributed by atoms with Gasteiger partial charge in [0.2, 0.25) is 5.91 Å². The molecule has 0 saturated heterocycles. The highest BCUT2D eigenvalue weighted by molar-refractivity contribution is 5.76. The molecule has 2 rings (SSSR count). The van der Waals surface area contributed by atoms with Crippen molar-refractivity contribution in [1.82, 2.24) is 14.7 Å². The molecule has 0 saturated carbocycles. The van der Waals surface area contributed by atoms with Crippen LogP contribution in [-0.4, -0.2) is 21.8 Å². The molecule has 17 heavy (non-hydrogen) atoms. The molecule has 0 aliphatic rings. The molecule has 2 aromatic heterocycles. The Morgan fingerprint density at radius 1 is 1.47 bits per heavy atom. The Balaban J connectivity index is 2.18. The van der Waals surface area contributed by atoms with E-state index in [0.717, 1.165) is 23.5 Å². The average molecular weight is 231 g/mol. The van der Waals surface area contributed by atoms with Crippen molar-refractivity contribution in [3.05, 3.63) is 35.8 Å². The number of rotatable bonds is 4. The van der Waals surface area contributed by atoms with Gasteiger partial charge in [0.05, 0.1) is 5.69 Å². The summed E-state index contributed by atoms with van der Waals surface area (Å²) in [6.07, 6.45) is 3.22. The van der Waals surface area contributed by atoms with E-state index in [1.807, 2.05) is 38.2 Å². The molecule has 1 N–H and O–H groups in total. The molecule has 2 heterocycles. The maximum absolute atomic E-state index is 11.4. The number of nitrogens with zero attached hydrogens (tertiary/aromatic N) is 2. The minimum absolute atomic E-state index is 0.0952. The zero-order valence-corrected chi connectivity index (χ0v) is 10.2. The fraction of sp³-hybridized carbons (Fsp3) is 0.385. The smallest absolute Gasteiger partial charge is 0.220 e. The van der Waals surface area contributed by atoms with Crippen LogP contribution in [0.1, 0.15) is 24.7 Å². The number of amides is 1. The Hall–Kier alpha value is -1.84. The van der Waals surface area contributed by atoms with Crippen LogP contribution in [0.2, 0.25) is 0 Å². The second kappa shape index (κ2) is 4.99. The lowest BCUT2D eigenvalue weighted by molar-refractivity contribution is -0.120. The molecule has 0 spiro atoms. The third kappa shape index (κ3) is 2.46. The van der Waals surface area contributed by atoms with Crippen molar-refractivity contribution in [2.24, 2.45) is 0 Å². The third-order valence-electron chi connectivity index (χ3n) is 2.79. The monoisotopic (exact) mass is 231 g/mol. The van der Waals surface area contributed by atoms with Gasteiger partial charge in [-0.1, -0.05) is 6.07 Å². The SMILES string of the molecule is CCNC(=O)CCc1c(C)nc2ccccn12. The van der Waals surface area contributed by atoms with Crippen LogP contribution in [0.4, 0.5) is 0 Å². The summed E-state index contributed by atoms with van der Waals surface area (Å²) in [6.45, 7) is 4.60. The lowest BCUT2D eigenvalue weighted by Gasteiger charge is -2.03. The van der Waals surface area contributed by atoms with Crippen molar-refractivity contribution in [3.63, 3.8) is 0 Å². The molecular formula is C13H17N3O. The standard InChI is InChI=1S/C13H17N3O/c1-3-14-13(17)8-7-11-10(2)15-12-6-4-5-9-16(11)12/h4-6,9H,3,7-8H2,1-2H3,(H,14,17). The minimum atomic E-state index is 0.0952. The first-order chi connectivity index (χ1) is 8.22. The molecule has 90 valence electrons.